The molecule has 1 aromatic heterocycles. The van der Waals surface area contributed by atoms with Crippen LogP contribution in [0.4, 0.5) is 5.82 Å². The topological polar surface area (TPSA) is 96.2 Å². The first kappa shape index (κ1) is 17.4. The van der Waals surface area contributed by atoms with E-state index >= 15 is 0 Å². The molecule has 1 aliphatic rings. The Hall–Kier alpha value is -3.02. The number of rotatable bonds is 4. The van der Waals surface area contributed by atoms with Gasteiger partial charge in [0, 0.05) is 5.56 Å². The highest BCUT2D eigenvalue weighted by molar-refractivity contribution is 6.04. The number of fused-ring (bicyclic) bond motifs is 1. The number of amides is 1. The number of nitrogens with zero attached hydrogens (tertiary/aromatic N) is 2. The molecule has 1 saturated carbocycles. The number of nitrogens with two attached hydrogens (primary N) is 2. The fourth-order valence-corrected chi connectivity index (χ4v) is 3.21. The molecular formula is C21H24N4O2. The number of ether oxygens (including phenoxy) is 1. The highest BCUT2D eigenvalue weighted by atomic mass is 16.5. The van der Waals surface area contributed by atoms with Crippen molar-refractivity contribution in [2.24, 2.45) is 5.73 Å². The number of aromatic nitrogens is 2. The second kappa shape index (κ2) is 6.01. The van der Waals surface area contributed by atoms with Gasteiger partial charge in [-0.15, -0.1) is 0 Å². The van der Waals surface area contributed by atoms with Crippen LogP contribution >= 0.6 is 0 Å². The molecule has 1 fully saturated rings. The summed E-state index contributed by atoms with van der Waals surface area (Å²) in [7, 11) is 0. The predicted molar refractivity (Wildman–Crippen MR) is 107 cm³/mol. The van der Waals surface area contributed by atoms with Crippen molar-refractivity contribution in [1.82, 2.24) is 9.78 Å². The van der Waals surface area contributed by atoms with Gasteiger partial charge in [-0.2, -0.15) is 5.10 Å². The van der Waals surface area contributed by atoms with Crippen LogP contribution in [0.2, 0.25) is 0 Å². The molecule has 0 unspecified atom stereocenters. The second-order valence-corrected chi connectivity index (χ2v) is 8.10. The van der Waals surface area contributed by atoms with E-state index in [1.807, 2.05) is 57.2 Å². The molecular weight excluding hydrogens is 340 g/mol. The molecule has 0 aliphatic heterocycles. The number of nitrogen functional groups attached to an aromatic ring is 1. The maximum absolute atomic E-state index is 12.0. The summed E-state index contributed by atoms with van der Waals surface area (Å²) in [4.78, 5) is 12.0. The molecule has 4 rings (SSSR count). The summed E-state index contributed by atoms with van der Waals surface area (Å²) in [5, 5.41) is 6.72. The van der Waals surface area contributed by atoms with Crippen LogP contribution in [-0.2, 0) is 5.54 Å². The van der Waals surface area contributed by atoms with Crippen LogP contribution in [0.25, 0.3) is 22.0 Å². The lowest BCUT2D eigenvalue weighted by Crippen LogP contribution is -2.25. The molecule has 1 aliphatic carbocycles. The average Bonchev–Trinajstić information content (AvgIpc) is 3.32. The number of carbonyl (C=O) groups is 1. The van der Waals surface area contributed by atoms with Crippen LogP contribution in [-0.4, -0.2) is 21.8 Å². The largest absolute Gasteiger partial charge is 0.490 e. The van der Waals surface area contributed by atoms with Gasteiger partial charge < -0.3 is 16.2 Å². The predicted octanol–water partition coefficient (Wildman–Crippen LogP) is 3.68. The van der Waals surface area contributed by atoms with Crippen molar-refractivity contribution < 1.29 is 9.53 Å². The van der Waals surface area contributed by atoms with Crippen molar-refractivity contribution in [1.29, 1.82) is 0 Å². The van der Waals surface area contributed by atoms with Gasteiger partial charge in [-0.05, 0) is 62.6 Å². The minimum atomic E-state index is -0.578. The Kier molecular flexibility index (Phi) is 3.87. The molecule has 1 amide bonds. The summed E-state index contributed by atoms with van der Waals surface area (Å²) >= 11 is 0. The number of carbonyl (C=O) groups excluding carboxylic acids is 1. The monoisotopic (exact) mass is 364 g/mol. The Morgan fingerprint density at radius 3 is 2.44 bits per heavy atom. The number of anilines is 1. The maximum atomic E-state index is 12.0. The molecule has 1 heterocycles. The van der Waals surface area contributed by atoms with E-state index < -0.39 is 5.91 Å². The average molecular weight is 364 g/mol. The van der Waals surface area contributed by atoms with Gasteiger partial charge in [0.15, 0.2) is 0 Å². The minimum absolute atomic E-state index is 0.262. The zero-order valence-corrected chi connectivity index (χ0v) is 15.8. The Morgan fingerprint density at radius 1 is 1.15 bits per heavy atom. The number of primary amides is 1. The van der Waals surface area contributed by atoms with Gasteiger partial charge in [-0.3, -0.25) is 4.79 Å². The van der Waals surface area contributed by atoms with Gasteiger partial charge in [0.1, 0.15) is 22.8 Å². The zero-order chi connectivity index (χ0) is 19.3. The molecule has 3 aromatic rings. The molecule has 0 bridgehead atoms. The number of hydrogen-bond acceptors (Lipinski definition) is 4. The third-order valence-electron chi connectivity index (χ3n) is 4.72. The van der Waals surface area contributed by atoms with E-state index in [9.17, 15) is 4.79 Å². The first-order valence-electron chi connectivity index (χ1n) is 9.13. The molecule has 140 valence electrons. The highest BCUT2D eigenvalue weighted by Crippen LogP contribution is 2.34. The van der Waals surface area contributed by atoms with Crippen LogP contribution in [0.1, 0.15) is 44.0 Å². The summed E-state index contributed by atoms with van der Waals surface area (Å²) < 4.78 is 7.51. The Morgan fingerprint density at radius 2 is 1.81 bits per heavy atom. The van der Waals surface area contributed by atoms with Gasteiger partial charge in [0.2, 0.25) is 0 Å². The van der Waals surface area contributed by atoms with Crippen LogP contribution in [0, 0.1) is 0 Å². The molecule has 2 aromatic carbocycles. The van der Waals surface area contributed by atoms with Crippen molar-refractivity contribution in [2.45, 2.75) is 45.3 Å². The summed E-state index contributed by atoms with van der Waals surface area (Å²) in [6.07, 6.45) is 2.62. The van der Waals surface area contributed by atoms with Crippen molar-refractivity contribution in [3.63, 3.8) is 0 Å². The second-order valence-electron chi connectivity index (χ2n) is 8.10. The van der Waals surface area contributed by atoms with E-state index in [0.717, 1.165) is 34.9 Å². The van der Waals surface area contributed by atoms with E-state index in [1.165, 1.54) is 0 Å². The first-order chi connectivity index (χ1) is 12.7. The van der Waals surface area contributed by atoms with Gasteiger partial charge in [-0.1, -0.05) is 18.2 Å². The third kappa shape index (κ3) is 3.23. The SMILES string of the molecule is CC(C)(C)n1nc(-c2ccc3cc(OC4CC4)ccc3c2)c(C(N)=O)c1N. The maximum Gasteiger partial charge on any atom is 0.254 e. The Balaban J connectivity index is 1.80. The van der Waals surface area contributed by atoms with Crippen molar-refractivity contribution in [2.75, 3.05) is 5.73 Å². The lowest BCUT2D eigenvalue weighted by Gasteiger charge is -2.20. The van der Waals surface area contributed by atoms with E-state index in [2.05, 4.69) is 5.10 Å². The van der Waals surface area contributed by atoms with E-state index in [-0.39, 0.29) is 11.1 Å². The molecule has 0 radical (unpaired) electrons. The summed E-state index contributed by atoms with van der Waals surface area (Å²) in [6.45, 7) is 5.94. The molecule has 0 saturated heterocycles. The Labute approximate surface area is 158 Å². The van der Waals surface area contributed by atoms with E-state index in [0.29, 0.717) is 17.6 Å². The van der Waals surface area contributed by atoms with E-state index in [4.69, 9.17) is 16.2 Å². The zero-order valence-electron chi connectivity index (χ0n) is 15.8. The van der Waals surface area contributed by atoms with Crippen LogP contribution in [0.5, 0.6) is 5.75 Å². The quantitative estimate of drug-likeness (QED) is 0.738. The summed E-state index contributed by atoms with van der Waals surface area (Å²) in [5.74, 6) is 0.599. The number of benzene rings is 2. The third-order valence-corrected chi connectivity index (χ3v) is 4.72. The van der Waals surface area contributed by atoms with Crippen LogP contribution < -0.4 is 16.2 Å². The minimum Gasteiger partial charge on any atom is -0.490 e. The van der Waals surface area contributed by atoms with Gasteiger partial charge >= 0.3 is 0 Å². The standard InChI is InChI=1S/C21H24N4O2/c1-21(2,3)25-19(22)17(20(23)26)18(24-25)14-5-4-13-11-16(27-15-8-9-15)7-6-12(13)10-14/h4-7,10-11,15H,8-9,22H2,1-3H3,(H2,23,26). The van der Waals surface area contributed by atoms with Crippen molar-refractivity contribution in [3.05, 3.63) is 42.0 Å². The van der Waals surface area contributed by atoms with Crippen LogP contribution in [0.15, 0.2) is 36.4 Å². The van der Waals surface area contributed by atoms with Gasteiger partial charge in [0.05, 0.1) is 11.6 Å². The fraction of sp³-hybridized carbons (Fsp3) is 0.333. The first-order valence-corrected chi connectivity index (χ1v) is 9.13. The molecule has 4 N–H and O–H groups in total. The van der Waals surface area contributed by atoms with Gasteiger partial charge in [-0.25, -0.2) is 4.68 Å². The lowest BCUT2D eigenvalue weighted by atomic mass is 10.0. The fourth-order valence-electron chi connectivity index (χ4n) is 3.21. The van der Waals surface area contributed by atoms with Crippen molar-refractivity contribution in [3.8, 4) is 17.0 Å². The molecule has 0 atom stereocenters. The molecule has 6 nitrogen and oxygen atoms in total. The number of hydrogen-bond donors (Lipinski definition) is 2. The van der Waals surface area contributed by atoms with Crippen LogP contribution in [0.3, 0.4) is 0 Å². The smallest absolute Gasteiger partial charge is 0.254 e. The highest BCUT2D eigenvalue weighted by Gasteiger charge is 2.27. The summed E-state index contributed by atoms with van der Waals surface area (Å²) in [5.41, 5.74) is 13.0. The molecule has 27 heavy (non-hydrogen) atoms. The Bertz CT molecular complexity index is 1040. The lowest BCUT2D eigenvalue weighted by molar-refractivity contribution is 0.100. The summed E-state index contributed by atoms with van der Waals surface area (Å²) in [6, 6.07) is 12.0. The van der Waals surface area contributed by atoms with E-state index in [1.54, 1.807) is 4.68 Å². The van der Waals surface area contributed by atoms with Crippen molar-refractivity contribution >= 4 is 22.5 Å². The van der Waals surface area contributed by atoms with Gasteiger partial charge in [0.25, 0.3) is 5.91 Å². The normalized spacial score (nSPS) is 14.5. The molecule has 0 spiro atoms. The molecule has 6 heteroatoms.